The molecule has 0 bridgehead atoms. The van der Waals surface area contributed by atoms with E-state index < -0.39 is 0 Å². The second-order valence-corrected chi connectivity index (χ2v) is 10.1. The lowest BCUT2D eigenvalue weighted by atomic mass is 9.76. The Morgan fingerprint density at radius 2 is 1.39 bits per heavy atom. The number of benzene rings is 5. The molecule has 1 aliphatic heterocycles. The van der Waals surface area contributed by atoms with Gasteiger partial charge >= 0.3 is 0 Å². The van der Waals surface area contributed by atoms with Gasteiger partial charge in [-0.3, -0.25) is 10.1 Å². The van der Waals surface area contributed by atoms with Crippen LogP contribution in [0.15, 0.2) is 91.0 Å². The van der Waals surface area contributed by atoms with E-state index in [2.05, 4.69) is 102 Å². The number of nitrogens with one attached hydrogen (secondary N) is 1. The standard InChI is InChI=1S/C33H28N2O/c1-35-29(36)20-34-33(35)32(30-25-14-6-2-10-21(25)18-22-11-3-7-15-26(22)30)31-27-16-8-4-12-23(27)19-24-13-5-9-17-28(24)31/h2-4,6-12,14-19,32-34H,5,13,20H2,1H3/t32?,33-/m0/s1. The summed E-state index contributed by atoms with van der Waals surface area (Å²) in [6.45, 7) is 0.364. The Kier molecular flexibility index (Phi) is 4.93. The van der Waals surface area contributed by atoms with Crippen molar-refractivity contribution in [2.45, 2.75) is 24.9 Å². The lowest BCUT2D eigenvalue weighted by Crippen LogP contribution is -2.40. The maximum atomic E-state index is 12.9. The van der Waals surface area contributed by atoms with Gasteiger partial charge in [0.25, 0.3) is 0 Å². The van der Waals surface area contributed by atoms with Gasteiger partial charge < -0.3 is 4.90 Å². The Balaban J connectivity index is 1.66. The van der Waals surface area contributed by atoms with E-state index >= 15 is 0 Å². The fraction of sp³-hybridized carbons (Fsp3) is 0.182. The molecule has 0 spiro atoms. The molecule has 1 unspecified atom stereocenters. The Morgan fingerprint density at radius 3 is 2.00 bits per heavy atom. The van der Waals surface area contributed by atoms with Crippen LogP contribution in [0.1, 0.15) is 34.6 Å². The van der Waals surface area contributed by atoms with E-state index in [4.69, 9.17) is 0 Å². The summed E-state index contributed by atoms with van der Waals surface area (Å²) in [5, 5.41) is 11.1. The minimum atomic E-state index is -0.142. The van der Waals surface area contributed by atoms with Crippen LogP contribution in [0, 0.1) is 0 Å². The van der Waals surface area contributed by atoms with Crippen LogP contribution in [0.4, 0.5) is 0 Å². The number of rotatable bonds is 3. The fourth-order valence-electron chi connectivity index (χ4n) is 6.42. The highest BCUT2D eigenvalue weighted by Gasteiger charge is 2.39. The first-order chi connectivity index (χ1) is 17.7. The van der Waals surface area contributed by atoms with Crippen molar-refractivity contribution in [2.75, 3.05) is 13.6 Å². The highest BCUT2D eigenvalue weighted by atomic mass is 16.2. The number of allylic oxidation sites excluding steroid dienone is 1. The molecule has 1 saturated heterocycles. The highest BCUT2D eigenvalue weighted by molar-refractivity contribution is 6.04. The van der Waals surface area contributed by atoms with Gasteiger partial charge in [0.15, 0.2) is 0 Å². The van der Waals surface area contributed by atoms with Crippen LogP contribution in [0.25, 0.3) is 38.4 Å². The maximum Gasteiger partial charge on any atom is 0.237 e. The largest absolute Gasteiger partial charge is 0.328 e. The predicted molar refractivity (Wildman–Crippen MR) is 149 cm³/mol. The van der Waals surface area contributed by atoms with Crippen molar-refractivity contribution in [1.82, 2.24) is 10.2 Å². The first kappa shape index (κ1) is 21.3. The molecule has 5 aromatic carbocycles. The van der Waals surface area contributed by atoms with Crippen LogP contribution in [0.2, 0.25) is 0 Å². The molecule has 1 heterocycles. The number of hydrogen-bond donors (Lipinski definition) is 1. The molecule has 7 rings (SSSR count). The Morgan fingerprint density at radius 1 is 0.806 bits per heavy atom. The van der Waals surface area contributed by atoms with Gasteiger partial charge in [0.1, 0.15) is 0 Å². The second-order valence-electron chi connectivity index (χ2n) is 10.1. The molecule has 0 radical (unpaired) electrons. The molecule has 1 amide bonds. The van der Waals surface area contributed by atoms with E-state index in [1.54, 1.807) is 0 Å². The average molecular weight is 469 g/mol. The number of nitrogens with zero attached hydrogens (tertiary/aromatic N) is 1. The first-order valence-corrected chi connectivity index (χ1v) is 12.8. The molecule has 176 valence electrons. The Bertz CT molecular complexity index is 1650. The highest BCUT2D eigenvalue weighted by Crippen LogP contribution is 2.45. The second kappa shape index (κ2) is 8.32. The Hall–Kier alpha value is -3.95. The van der Waals surface area contributed by atoms with Crippen molar-refractivity contribution in [3.8, 4) is 0 Å². The van der Waals surface area contributed by atoms with Crippen LogP contribution < -0.4 is 5.32 Å². The summed E-state index contributed by atoms with van der Waals surface area (Å²) in [6, 6.07) is 30.8. The van der Waals surface area contributed by atoms with Crippen LogP contribution in [-0.4, -0.2) is 30.6 Å². The fourth-order valence-corrected chi connectivity index (χ4v) is 6.42. The van der Waals surface area contributed by atoms with Gasteiger partial charge in [-0.1, -0.05) is 91.0 Å². The smallest absolute Gasteiger partial charge is 0.237 e. The molecule has 1 fully saturated rings. The minimum Gasteiger partial charge on any atom is -0.328 e. The molecular weight excluding hydrogens is 440 g/mol. The van der Waals surface area contributed by atoms with Gasteiger partial charge in [0.05, 0.1) is 12.7 Å². The molecule has 5 aromatic rings. The first-order valence-electron chi connectivity index (χ1n) is 12.8. The summed E-state index contributed by atoms with van der Waals surface area (Å²) in [5.74, 6) is 0.0965. The topological polar surface area (TPSA) is 32.3 Å². The van der Waals surface area contributed by atoms with Crippen LogP contribution in [-0.2, 0) is 11.2 Å². The maximum absolute atomic E-state index is 12.9. The van der Waals surface area contributed by atoms with Gasteiger partial charge in [-0.25, -0.2) is 0 Å². The Labute approximate surface area is 211 Å². The zero-order chi connectivity index (χ0) is 24.2. The SMILES string of the molecule is CN1C(=O)CN[C@@H]1C(c1c2c(cc3ccccc13)CCC=C2)c1c2ccccc2cc2ccccc12. The van der Waals surface area contributed by atoms with Crippen LogP contribution in [0.3, 0.4) is 0 Å². The molecule has 1 N–H and O–H groups in total. The lowest BCUT2D eigenvalue weighted by molar-refractivity contribution is -0.126. The van der Waals surface area contributed by atoms with E-state index in [-0.39, 0.29) is 18.0 Å². The van der Waals surface area contributed by atoms with E-state index in [0.717, 1.165) is 12.8 Å². The molecule has 2 atom stereocenters. The normalized spacial score (nSPS) is 18.3. The van der Waals surface area contributed by atoms with E-state index in [0.29, 0.717) is 6.54 Å². The zero-order valence-electron chi connectivity index (χ0n) is 20.4. The molecule has 1 aliphatic carbocycles. The minimum absolute atomic E-state index is 0.0416. The van der Waals surface area contributed by atoms with Crippen molar-refractivity contribution in [1.29, 1.82) is 0 Å². The van der Waals surface area contributed by atoms with Gasteiger partial charge in [-0.15, -0.1) is 0 Å². The molecule has 2 aliphatic rings. The van der Waals surface area contributed by atoms with Gasteiger partial charge in [-0.2, -0.15) is 0 Å². The monoisotopic (exact) mass is 468 g/mol. The van der Waals surface area contributed by atoms with Crippen LogP contribution in [0.5, 0.6) is 0 Å². The zero-order valence-corrected chi connectivity index (χ0v) is 20.4. The lowest BCUT2D eigenvalue weighted by Gasteiger charge is -2.34. The molecule has 0 aromatic heterocycles. The number of likely N-dealkylation sites (N-methyl/N-ethyl adjacent to an activating group) is 1. The summed E-state index contributed by atoms with van der Waals surface area (Å²) in [7, 11) is 1.95. The molecule has 3 nitrogen and oxygen atoms in total. The van der Waals surface area contributed by atoms with Crippen LogP contribution >= 0.6 is 0 Å². The van der Waals surface area contributed by atoms with Crippen molar-refractivity contribution in [3.05, 3.63) is 113 Å². The predicted octanol–water partition coefficient (Wildman–Crippen LogP) is 6.63. The van der Waals surface area contributed by atoms with E-state index in [9.17, 15) is 4.79 Å². The van der Waals surface area contributed by atoms with E-state index in [1.165, 1.54) is 54.6 Å². The third kappa shape index (κ3) is 3.20. The molecular formula is C33H28N2O. The number of hydrogen-bond acceptors (Lipinski definition) is 2. The number of aryl methyl sites for hydroxylation is 1. The van der Waals surface area contributed by atoms with Crippen molar-refractivity contribution >= 4 is 44.3 Å². The number of carbonyl (C=O) groups excluding carboxylic acids is 1. The number of amides is 1. The summed E-state index contributed by atoms with van der Waals surface area (Å²) in [5.41, 5.74) is 5.32. The quantitative estimate of drug-likeness (QED) is 0.302. The third-order valence-electron chi connectivity index (χ3n) is 8.11. The third-order valence-corrected chi connectivity index (χ3v) is 8.11. The van der Waals surface area contributed by atoms with Gasteiger partial charge in [0, 0.05) is 13.0 Å². The van der Waals surface area contributed by atoms with Gasteiger partial charge in [-0.05, 0) is 73.5 Å². The summed E-state index contributed by atoms with van der Waals surface area (Å²) in [4.78, 5) is 14.8. The average Bonchev–Trinajstić information content (AvgIpc) is 3.25. The molecule has 36 heavy (non-hydrogen) atoms. The van der Waals surface area contributed by atoms with Crippen molar-refractivity contribution < 1.29 is 4.79 Å². The van der Waals surface area contributed by atoms with E-state index in [1.807, 2.05) is 11.9 Å². The molecule has 3 heteroatoms. The number of carbonyl (C=O) groups is 1. The summed E-state index contributed by atoms with van der Waals surface area (Å²) < 4.78 is 0. The van der Waals surface area contributed by atoms with Gasteiger partial charge in [0.2, 0.25) is 5.91 Å². The summed E-state index contributed by atoms with van der Waals surface area (Å²) >= 11 is 0. The van der Waals surface area contributed by atoms with Crippen molar-refractivity contribution in [2.24, 2.45) is 0 Å². The number of fused-ring (bicyclic) bond motifs is 4. The van der Waals surface area contributed by atoms with Crippen molar-refractivity contribution in [3.63, 3.8) is 0 Å². The summed E-state index contributed by atoms with van der Waals surface area (Å²) in [6.07, 6.45) is 6.58. The molecule has 0 saturated carbocycles.